The third kappa shape index (κ3) is 4.09. The van der Waals surface area contributed by atoms with Crippen molar-refractivity contribution in [1.82, 2.24) is 5.32 Å². The molecule has 2 aromatic carbocycles. The van der Waals surface area contributed by atoms with E-state index in [4.69, 9.17) is 18.6 Å². The quantitative estimate of drug-likeness (QED) is 0.632. The zero-order valence-electron chi connectivity index (χ0n) is 15.9. The van der Waals surface area contributed by atoms with Gasteiger partial charge in [0.2, 0.25) is 0 Å². The first-order valence-corrected chi connectivity index (χ1v) is 8.66. The summed E-state index contributed by atoms with van der Waals surface area (Å²) in [7, 11) is 4.67. The van der Waals surface area contributed by atoms with Gasteiger partial charge in [-0.25, -0.2) is 4.79 Å². The number of benzene rings is 2. The average molecular weight is 383 g/mol. The van der Waals surface area contributed by atoms with E-state index in [0.29, 0.717) is 41.2 Å². The molecule has 28 heavy (non-hydrogen) atoms. The Morgan fingerprint density at radius 2 is 1.75 bits per heavy atom. The van der Waals surface area contributed by atoms with Gasteiger partial charge in [0, 0.05) is 24.1 Å². The molecule has 7 nitrogen and oxygen atoms in total. The third-order valence-corrected chi connectivity index (χ3v) is 4.34. The van der Waals surface area contributed by atoms with E-state index in [1.54, 1.807) is 32.4 Å². The van der Waals surface area contributed by atoms with E-state index in [1.165, 1.54) is 13.2 Å². The van der Waals surface area contributed by atoms with Gasteiger partial charge in [-0.15, -0.1) is 0 Å². The number of amides is 1. The van der Waals surface area contributed by atoms with Crippen molar-refractivity contribution in [2.75, 3.05) is 27.9 Å². The van der Waals surface area contributed by atoms with Crippen molar-refractivity contribution >= 4 is 16.9 Å². The molecule has 1 N–H and O–H groups in total. The summed E-state index contributed by atoms with van der Waals surface area (Å²) in [5, 5.41) is 3.38. The van der Waals surface area contributed by atoms with Gasteiger partial charge in [-0.05, 0) is 36.2 Å². The van der Waals surface area contributed by atoms with Gasteiger partial charge >= 0.3 is 5.63 Å². The largest absolute Gasteiger partial charge is 0.497 e. The van der Waals surface area contributed by atoms with Crippen molar-refractivity contribution in [3.05, 3.63) is 64.0 Å². The van der Waals surface area contributed by atoms with Gasteiger partial charge in [-0.1, -0.05) is 6.07 Å². The van der Waals surface area contributed by atoms with Crippen LogP contribution in [-0.2, 0) is 6.42 Å². The van der Waals surface area contributed by atoms with Crippen LogP contribution in [0.15, 0.2) is 51.7 Å². The second-order valence-electron chi connectivity index (χ2n) is 6.04. The molecule has 0 aliphatic rings. The number of carbonyl (C=O) groups is 1. The van der Waals surface area contributed by atoms with E-state index in [0.717, 1.165) is 5.56 Å². The Balaban J connectivity index is 1.74. The molecule has 1 heterocycles. The average Bonchev–Trinajstić information content (AvgIpc) is 2.72. The number of nitrogens with one attached hydrogen (secondary N) is 1. The molecule has 146 valence electrons. The number of rotatable bonds is 7. The summed E-state index contributed by atoms with van der Waals surface area (Å²) in [5.74, 6) is 1.48. The van der Waals surface area contributed by atoms with E-state index >= 15 is 0 Å². The van der Waals surface area contributed by atoms with Crippen molar-refractivity contribution in [2.24, 2.45) is 0 Å². The maximum absolute atomic E-state index is 12.6. The fourth-order valence-corrected chi connectivity index (χ4v) is 2.91. The molecular weight excluding hydrogens is 362 g/mol. The SMILES string of the molecule is COc1ccc2c(C(=O)NCCc3ccc(OC)c(OC)c3)cc(=O)oc2c1. The monoisotopic (exact) mass is 383 g/mol. The smallest absolute Gasteiger partial charge is 0.337 e. The molecule has 0 saturated carbocycles. The second kappa shape index (κ2) is 8.47. The highest BCUT2D eigenvalue weighted by Gasteiger charge is 2.14. The maximum Gasteiger partial charge on any atom is 0.337 e. The van der Waals surface area contributed by atoms with Crippen LogP contribution in [0.4, 0.5) is 0 Å². The van der Waals surface area contributed by atoms with Crippen molar-refractivity contribution in [3.8, 4) is 17.2 Å². The molecular formula is C21H21NO6. The summed E-state index contributed by atoms with van der Waals surface area (Å²) < 4.78 is 20.8. The van der Waals surface area contributed by atoms with E-state index in [1.807, 2.05) is 18.2 Å². The molecule has 0 saturated heterocycles. The summed E-state index contributed by atoms with van der Waals surface area (Å²) >= 11 is 0. The van der Waals surface area contributed by atoms with Crippen LogP contribution < -0.4 is 25.2 Å². The lowest BCUT2D eigenvalue weighted by Crippen LogP contribution is -2.26. The van der Waals surface area contributed by atoms with E-state index in [2.05, 4.69) is 5.32 Å². The van der Waals surface area contributed by atoms with Gasteiger partial charge in [-0.3, -0.25) is 4.79 Å². The summed E-state index contributed by atoms with van der Waals surface area (Å²) in [6, 6.07) is 11.8. The normalized spacial score (nSPS) is 10.5. The fourth-order valence-electron chi connectivity index (χ4n) is 2.91. The first-order chi connectivity index (χ1) is 13.5. The molecule has 3 rings (SSSR count). The van der Waals surface area contributed by atoms with Gasteiger partial charge in [0.15, 0.2) is 11.5 Å². The molecule has 3 aromatic rings. The van der Waals surface area contributed by atoms with Crippen LogP contribution in [0.25, 0.3) is 11.0 Å². The summed E-state index contributed by atoms with van der Waals surface area (Å²) in [6.07, 6.45) is 0.597. The van der Waals surface area contributed by atoms with E-state index < -0.39 is 5.63 Å². The van der Waals surface area contributed by atoms with Crippen LogP contribution in [0.2, 0.25) is 0 Å². The Kier molecular flexibility index (Phi) is 5.84. The molecule has 0 aliphatic heterocycles. The molecule has 0 bridgehead atoms. The highest BCUT2D eigenvalue weighted by molar-refractivity contribution is 6.05. The minimum Gasteiger partial charge on any atom is -0.497 e. The number of hydrogen-bond acceptors (Lipinski definition) is 6. The zero-order chi connectivity index (χ0) is 20.1. The van der Waals surface area contributed by atoms with Gasteiger partial charge in [0.1, 0.15) is 11.3 Å². The Labute approximate surface area is 161 Å². The predicted octanol–water partition coefficient (Wildman–Crippen LogP) is 2.79. The Hall–Kier alpha value is -3.48. The zero-order valence-corrected chi connectivity index (χ0v) is 15.9. The van der Waals surface area contributed by atoms with Crippen LogP contribution in [0, 0.1) is 0 Å². The molecule has 7 heteroatoms. The van der Waals surface area contributed by atoms with Crippen molar-refractivity contribution in [3.63, 3.8) is 0 Å². The van der Waals surface area contributed by atoms with E-state index in [-0.39, 0.29) is 11.5 Å². The van der Waals surface area contributed by atoms with Crippen molar-refractivity contribution in [1.29, 1.82) is 0 Å². The van der Waals surface area contributed by atoms with Crippen LogP contribution in [0.3, 0.4) is 0 Å². The second-order valence-corrected chi connectivity index (χ2v) is 6.04. The number of methoxy groups -OCH3 is 3. The van der Waals surface area contributed by atoms with Gasteiger partial charge < -0.3 is 23.9 Å². The van der Waals surface area contributed by atoms with Crippen LogP contribution in [0.5, 0.6) is 17.2 Å². The maximum atomic E-state index is 12.6. The minimum absolute atomic E-state index is 0.265. The minimum atomic E-state index is -0.592. The Morgan fingerprint density at radius 3 is 2.46 bits per heavy atom. The standard InChI is InChI=1S/C21H21NO6/c1-25-14-5-6-15-16(12-20(23)28-18(15)11-14)21(24)22-9-8-13-4-7-17(26-2)19(10-13)27-3/h4-7,10-12H,8-9H2,1-3H3,(H,22,24). The Bertz CT molecular complexity index is 1060. The van der Waals surface area contributed by atoms with Crippen LogP contribution >= 0.6 is 0 Å². The lowest BCUT2D eigenvalue weighted by atomic mass is 10.1. The highest BCUT2D eigenvalue weighted by Crippen LogP contribution is 2.27. The summed E-state index contributed by atoms with van der Waals surface area (Å²) in [6.45, 7) is 0.395. The van der Waals surface area contributed by atoms with Gasteiger partial charge in [0.25, 0.3) is 5.91 Å². The highest BCUT2D eigenvalue weighted by atomic mass is 16.5. The Morgan fingerprint density at radius 1 is 0.964 bits per heavy atom. The number of fused-ring (bicyclic) bond motifs is 1. The molecule has 1 aromatic heterocycles. The van der Waals surface area contributed by atoms with E-state index in [9.17, 15) is 9.59 Å². The molecule has 0 fully saturated rings. The predicted molar refractivity (Wildman–Crippen MR) is 105 cm³/mol. The lowest BCUT2D eigenvalue weighted by Gasteiger charge is -2.11. The van der Waals surface area contributed by atoms with Crippen molar-refractivity contribution < 1.29 is 23.4 Å². The molecule has 0 radical (unpaired) electrons. The molecule has 0 atom stereocenters. The third-order valence-electron chi connectivity index (χ3n) is 4.34. The van der Waals surface area contributed by atoms with Crippen LogP contribution in [0.1, 0.15) is 15.9 Å². The van der Waals surface area contributed by atoms with Gasteiger partial charge in [-0.2, -0.15) is 0 Å². The molecule has 0 aliphatic carbocycles. The molecule has 1 amide bonds. The number of hydrogen-bond donors (Lipinski definition) is 1. The number of ether oxygens (including phenoxy) is 3. The van der Waals surface area contributed by atoms with Gasteiger partial charge in [0.05, 0.1) is 26.9 Å². The number of carbonyl (C=O) groups excluding carboxylic acids is 1. The topological polar surface area (TPSA) is 87.0 Å². The summed E-state index contributed by atoms with van der Waals surface area (Å²) in [5.41, 5.74) is 0.962. The first kappa shape index (κ1) is 19.3. The van der Waals surface area contributed by atoms with Crippen molar-refractivity contribution in [2.45, 2.75) is 6.42 Å². The van der Waals surface area contributed by atoms with Crippen LogP contribution in [-0.4, -0.2) is 33.8 Å². The fraction of sp³-hybridized carbons (Fsp3) is 0.238. The lowest BCUT2D eigenvalue weighted by molar-refractivity contribution is 0.0955. The summed E-state index contributed by atoms with van der Waals surface area (Å²) in [4.78, 5) is 24.4. The first-order valence-electron chi connectivity index (χ1n) is 8.66. The molecule has 0 unspecified atom stereocenters. The molecule has 0 spiro atoms.